The fourth-order valence-electron chi connectivity index (χ4n) is 2.31. The van der Waals surface area contributed by atoms with Crippen LogP contribution in [0.3, 0.4) is 0 Å². The second-order valence-corrected chi connectivity index (χ2v) is 4.84. The van der Waals surface area contributed by atoms with E-state index in [1.165, 1.54) is 0 Å². The Kier molecular flexibility index (Phi) is 3.66. The fraction of sp³-hybridized carbons (Fsp3) is 0.429. The average molecular weight is 276 g/mol. The minimum Gasteiger partial charge on any atom is -0.346 e. The first-order valence-electron chi connectivity index (χ1n) is 6.66. The van der Waals surface area contributed by atoms with Crippen LogP contribution in [-0.4, -0.2) is 31.1 Å². The summed E-state index contributed by atoms with van der Waals surface area (Å²) in [5.74, 6) is -0.256. The van der Waals surface area contributed by atoms with Crippen LogP contribution in [0.15, 0.2) is 24.3 Å². The van der Waals surface area contributed by atoms with Crippen LogP contribution in [0.1, 0.15) is 24.7 Å². The van der Waals surface area contributed by atoms with Gasteiger partial charge in [0.05, 0.1) is 13.2 Å². The lowest BCUT2D eigenvalue weighted by atomic mass is 10.2. The summed E-state index contributed by atoms with van der Waals surface area (Å²) >= 11 is 0. The van der Waals surface area contributed by atoms with E-state index in [1.54, 1.807) is 12.1 Å². The van der Waals surface area contributed by atoms with Crippen molar-refractivity contribution < 1.29 is 19.1 Å². The summed E-state index contributed by atoms with van der Waals surface area (Å²) in [5.41, 5.74) is 1.62. The van der Waals surface area contributed by atoms with Gasteiger partial charge in [0.2, 0.25) is 11.8 Å². The van der Waals surface area contributed by atoms with Crippen LogP contribution in [0, 0.1) is 0 Å². The van der Waals surface area contributed by atoms with Gasteiger partial charge in [-0.05, 0) is 18.6 Å². The van der Waals surface area contributed by atoms with Gasteiger partial charge in [-0.1, -0.05) is 12.1 Å². The second kappa shape index (κ2) is 5.60. The average Bonchev–Trinajstić information content (AvgIpc) is 3.10. The summed E-state index contributed by atoms with van der Waals surface area (Å²) in [4.78, 5) is 23.0. The van der Waals surface area contributed by atoms with Gasteiger partial charge in [0.1, 0.15) is 6.04 Å². The minimum absolute atomic E-state index is 0.0731. The van der Waals surface area contributed by atoms with Crippen molar-refractivity contribution in [3.05, 3.63) is 29.8 Å². The monoisotopic (exact) mass is 276 g/mol. The number of benzene rings is 1. The van der Waals surface area contributed by atoms with Gasteiger partial charge in [0.25, 0.3) is 0 Å². The van der Waals surface area contributed by atoms with Crippen LogP contribution in [0.5, 0.6) is 0 Å². The Balaban J connectivity index is 1.60. The molecule has 0 saturated carbocycles. The van der Waals surface area contributed by atoms with E-state index >= 15 is 0 Å². The summed E-state index contributed by atoms with van der Waals surface area (Å²) in [5, 5.41) is 5.43. The molecule has 1 aromatic carbocycles. The van der Waals surface area contributed by atoms with Crippen LogP contribution in [-0.2, 0) is 19.1 Å². The molecule has 20 heavy (non-hydrogen) atoms. The third-order valence-electron chi connectivity index (χ3n) is 3.38. The molecule has 106 valence electrons. The molecule has 6 nitrogen and oxygen atoms in total. The Labute approximate surface area is 116 Å². The first-order chi connectivity index (χ1) is 9.72. The lowest BCUT2D eigenvalue weighted by molar-refractivity contribution is -0.122. The van der Waals surface area contributed by atoms with Crippen molar-refractivity contribution in [1.82, 2.24) is 5.32 Å². The van der Waals surface area contributed by atoms with Gasteiger partial charge >= 0.3 is 0 Å². The summed E-state index contributed by atoms with van der Waals surface area (Å²) < 4.78 is 10.8. The molecule has 2 heterocycles. The van der Waals surface area contributed by atoms with E-state index in [0.29, 0.717) is 31.7 Å². The molecule has 2 N–H and O–H groups in total. The zero-order chi connectivity index (χ0) is 13.9. The maximum absolute atomic E-state index is 11.9. The van der Waals surface area contributed by atoms with Gasteiger partial charge in [-0.15, -0.1) is 0 Å². The van der Waals surface area contributed by atoms with Crippen molar-refractivity contribution in [3.63, 3.8) is 0 Å². The van der Waals surface area contributed by atoms with E-state index in [1.807, 2.05) is 12.1 Å². The minimum atomic E-state index is -0.427. The SMILES string of the molecule is O=C1CCC(C(=O)Nc2ccc(C3OCCO3)cc2)N1. The van der Waals surface area contributed by atoms with E-state index in [2.05, 4.69) is 10.6 Å². The predicted octanol–water partition coefficient (Wildman–Crippen LogP) is 0.949. The van der Waals surface area contributed by atoms with E-state index in [4.69, 9.17) is 9.47 Å². The van der Waals surface area contributed by atoms with Gasteiger partial charge in [-0.3, -0.25) is 9.59 Å². The second-order valence-electron chi connectivity index (χ2n) is 4.84. The molecule has 0 bridgehead atoms. The lowest BCUT2D eigenvalue weighted by Crippen LogP contribution is -2.37. The quantitative estimate of drug-likeness (QED) is 0.861. The molecule has 1 unspecified atom stereocenters. The van der Waals surface area contributed by atoms with Crippen molar-refractivity contribution in [2.75, 3.05) is 18.5 Å². The molecule has 1 atom stereocenters. The molecule has 0 radical (unpaired) electrons. The molecule has 0 spiro atoms. The van der Waals surface area contributed by atoms with Crippen LogP contribution in [0.4, 0.5) is 5.69 Å². The number of carbonyl (C=O) groups is 2. The molecular weight excluding hydrogens is 260 g/mol. The van der Waals surface area contributed by atoms with Crippen molar-refractivity contribution in [3.8, 4) is 0 Å². The van der Waals surface area contributed by atoms with E-state index in [9.17, 15) is 9.59 Å². The molecule has 2 aliphatic heterocycles. The van der Waals surface area contributed by atoms with Gasteiger partial charge < -0.3 is 20.1 Å². The molecule has 2 amide bonds. The number of anilines is 1. The van der Waals surface area contributed by atoms with E-state index < -0.39 is 6.04 Å². The number of amides is 2. The number of hydrogen-bond acceptors (Lipinski definition) is 4. The van der Waals surface area contributed by atoms with Crippen molar-refractivity contribution >= 4 is 17.5 Å². The molecule has 3 rings (SSSR count). The van der Waals surface area contributed by atoms with Crippen molar-refractivity contribution in [2.24, 2.45) is 0 Å². The van der Waals surface area contributed by atoms with Crippen LogP contribution < -0.4 is 10.6 Å². The molecule has 2 saturated heterocycles. The maximum atomic E-state index is 11.9. The normalized spacial score (nSPS) is 22.8. The standard InChI is InChI=1S/C14H16N2O4/c17-12-6-5-11(16-12)13(18)15-10-3-1-9(2-4-10)14-19-7-8-20-14/h1-4,11,14H,5-8H2,(H,15,18)(H,16,17). The Morgan fingerprint density at radius 2 is 1.90 bits per heavy atom. The van der Waals surface area contributed by atoms with Crippen molar-refractivity contribution in [2.45, 2.75) is 25.2 Å². The summed E-state index contributed by atoms with van der Waals surface area (Å²) in [6.45, 7) is 1.20. The predicted molar refractivity (Wildman–Crippen MR) is 70.9 cm³/mol. The Morgan fingerprint density at radius 1 is 1.20 bits per heavy atom. The zero-order valence-corrected chi connectivity index (χ0v) is 10.9. The van der Waals surface area contributed by atoms with Gasteiger partial charge in [0.15, 0.2) is 6.29 Å². The highest BCUT2D eigenvalue weighted by Crippen LogP contribution is 2.24. The summed E-state index contributed by atoms with van der Waals surface area (Å²) in [6, 6.07) is 6.89. The van der Waals surface area contributed by atoms with Gasteiger partial charge in [-0.2, -0.15) is 0 Å². The number of carbonyl (C=O) groups excluding carboxylic acids is 2. The topological polar surface area (TPSA) is 76.7 Å². The molecular formula is C14H16N2O4. The highest BCUT2D eigenvalue weighted by atomic mass is 16.7. The van der Waals surface area contributed by atoms with Crippen LogP contribution in [0.25, 0.3) is 0 Å². The Bertz CT molecular complexity index is 508. The first-order valence-corrected chi connectivity index (χ1v) is 6.66. The van der Waals surface area contributed by atoms with Gasteiger partial charge in [0, 0.05) is 17.7 Å². The third kappa shape index (κ3) is 2.81. The fourth-order valence-corrected chi connectivity index (χ4v) is 2.31. The molecule has 0 aromatic heterocycles. The smallest absolute Gasteiger partial charge is 0.246 e. The van der Waals surface area contributed by atoms with Crippen LogP contribution >= 0.6 is 0 Å². The summed E-state index contributed by atoms with van der Waals surface area (Å²) in [7, 11) is 0. The van der Waals surface area contributed by atoms with Crippen LogP contribution in [0.2, 0.25) is 0 Å². The van der Waals surface area contributed by atoms with Gasteiger partial charge in [-0.25, -0.2) is 0 Å². The molecule has 6 heteroatoms. The molecule has 1 aromatic rings. The highest BCUT2D eigenvalue weighted by molar-refractivity contribution is 5.98. The molecule has 0 aliphatic carbocycles. The first kappa shape index (κ1) is 13.1. The Hall–Kier alpha value is -1.92. The largest absolute Gasteiger partial charge is 0.346 e. The van der Waals surface area contributed by atoms with E-state index in [-0.39, 0.29) is 18.1 Å². The number of hydrogen-bond donors (Lipinski definition) is 2. The van der Waals surface area contributed by atoms with Crippen molar-refractivity contribution in [1.29, 1.82) is 0 Å². The zero-order valence-electron chi connectivity index (χ0n) is 10.9. The number of rotatable bonds is 3. The molecule has 2 aliphatic rings. The highest BCUT2D eigenvalue weighted by Gasteiger charge is 2.27. The number of ether oxygens (including phenoxy) is 2. The Morgan fingerprint density at radius 3 is 2.50 bits per heavy atom. The summed E-state index contributed by atoms with van der Waals surface area (Å²) in [6.07, 6.45) is 0.647. The molecule has 2 fully saturated rings. The number of nitrogens with one attached hydrogen (secondary N) is 2. The maximum Gasteiger partial charge on any atom is 0.246 e. The van der Waals surface area contributed by atoms with E-state index in [0.717, 1.165) is 5.56 Å². The third-order valence-corrected chi connectivity index (χ3v) is 3.38. The lowest BCUT2D eigenvalue weighted by Gasteiger charge is -2.13.